The Balaban J connectivity index is 1.75. The normalized spacial score (nSPS) is 17.8. The second-order valence-corrected chi connectivity index (χ2v) is 4.70. The molecular formula is C13H26O. The molecule has 0 aliphatic heterocycles. The van der Waals surface area contributed by atoms with Gasteiger partial charge in [0.05, 0.1) is 0 Å². The first kappa shape index (κ1) is 12.0. The van der Waals surface area contributed by atoms with E-state index in [1.165, 1.54) is 64.2 Å². The second kappa shape index (κ2) is 8.28. The smallest absolute Gasteiger partial charge is 0.0462 e. The highest BCUT2D eigenvalue weighted by Crippen LogP contribution is 2.29. The van der Waals surface area contributed by atoms with E-state index in [4.69, 9.17) is 4.74 Å². The summed E-state index contributed by atoms with van der Waals surface area (Å²) in [6.45, 7) is 0.947. The minimum Gasteiger partial charge on any atom is -0.385 e. The summed E-state index contributed by atoms with van der Waals surface area (Å²) in [4.78, 5) is 0. The van der Waals surface area contributed by atoms with Crippen LogP contribution in [0.1, 0.15) is 64.2 Å². The van der Waals surface area contributed by atoms with Crippen molar-refractivity contribution < 1.29 is 4.74 Å². The van der Waals surface area contributed by atoms with E-state index in [2.05, 4.69) is 0 Å². The maximum atomic E-state index is 5.03. The summed E-state index contributed by atoms with van der Waals surface area (Å²) < 4.78 is 5.03. The largest absolute Gasteiger partial charge is 0.385 e. The fourth-order valence-electron chi connectivity index (χ4n) is 2.51. The summed E-state index contributed by atoms with van der Waals surface area (Å²) in [5, 5.41) is 0. The quantitative estimate of drug-likeness (QED) is 0.532. The van der Waals surface area contributed by atoms with E-state index < -0.39 is 0 Å². The Bertz CT molecular complexity index is 116. The Hall–Kier alpha value is -0.0400. The van der Waals surface area contributed by atoms with Crippen molar-refractivity contribution in [3.63, 3.8) is 0 Å². The molecule has 0 radical (unpaired) electrons. The van der Waals surface area contributed by atoms with Gasteiger partial charge >= 0.3 is 0 Å². The van der Waals surface area contributed by atoms with Gasteiger partial charge in [0.25, 0.3) is 0 Å². The standard InChI is InChI=1S/C13H26O/c1-14-12-8-4-2-3-5-9-13-10-6-7-11-13/h13H,2-12H2,1H3. The van der Waals surface area contributed by atoms with E-state index >= 15 is 0 Å². The van der Waals surface area contributed by atoms with Crippen LogP contribution in [0.4, 0.5) is 0 Å². The molecule has 0 heterocycles. The Kier molecular flexibility index (Phi) is 7.12. The molecule has 0 N–H and O–H groups in total. The van der Waals surface area contributed by atoms with Crippen molar-refractivity contribution in [3.05, 3.63) is 0 Å². The van der Waals surface area contributed by atoms with Gasteiger partial charge < -0.3 is 4.74 Å². The van der Waals surface area contributed by atoms with E-state index in [9.17, 15) is 0 Å². The van der Waals surface area contributed by atoms with E-state index in [-0.39, 0.29) is 0 Å². The van der Waals surface area contributed by atoms with E-state index in [1.54, 1.807) is 7.11 Å². The highest BCUT2D eigenvalue weighted by atomic mass is 16.5. The Morgan fingerprint density at radius 1 is 0.929 bits per heavy atom. The molecule has 1 nitrogen and oxygen atoms in total. The van der Waals surface area contributed by atoms with Crippen LogP contribution in [0.3, 0.4) is 0 Å². The summed E-state index contributed by atoms with van der Waals surface area (Å²) in [7, 11) is 1.79. The van der Waals surface area contributed by atoms with Crippen LogP contribution in [0, 0.1) is 5.92 Å². The fourth-order valence-corrected chi connectivity index (χ4v) is 2.51. The van der Waals surface area contributed by atoms with Crippen molar-refractivity contribution >= 4 is 0 Å². The topological polar surface area (TPSA) is 9.23 Å². The number of methoxy groups -OCH3 is 1. The third-order valence-corrected chi connectivity index (χ3v) is 3.44. The van der Waals surface area contributed by atoms with Gasteiger partial charge in [0.2, 0.25) is 0 Å². The van der Waals surface area contributed by atoms with Crippen LogP contribution in [0.25, 0.3) is 0 Å². The SMILES string of the molecule is COCCCCCCCC1CCCC1. The van der Waals surface area contributed by atoms with Gasteiger partial charge in [-0.25, -0.2) is 0 Å². The number of unbranched alkanes of at least 4 members (excludes halogenated alkanes) is 4. The summed E-state index contributed by atoms with van der Waals surface area (Å²) in [6, 6.07) is 0. The minimum absolute atomic E-state index is 0.947. The van der Waals surface area contributed by atoms with Crippen LogP contribution in [0.2, 0.25) is 0 Å². The third kappa shape index (κ3) is 5.64. The monoisotopic (exact) mass is 198 g/mol. The van der Waals surface area contributed by atoms with E-state index in [0.717, 1.165) is 12.5 Å². The van der Waals surface area contributed by atoms with Crippen LogP contribution in [0.15, 0.2) is 0 Å². The van der Waals surface area contributed by atoms with Gasteiger partial charge in [-0.15, -0.1) is 0 Å². The number of rotatable bonds is 8. The van der Waals surface area contributed by atoms with Crippen molar-refractivity contribution in [2.45, 2.75) is 64.2 Å². The van der Waals surface area contributed by atoms with Crippen LogP contribution >= 0.6 is 0 Å². The van der Waals surface area contributed by atoms with Gasteiger partial charge in [0.15, 0.2) is 0 Å². The molecule has 0 aromatic heterocycles. The predicted molar refractivity (Wildman–Crippen MR) is 61.5 cm³/mol. The molecule has 1 aliphatic rings. The molecule has 0 spiro atoms. The average Bonchev–Trinajstić information content (AvgIpc) is 2.69. The molecule has 0 unspecified atom stereocenters. The van der Waals surface area contributed by atoms with E-state index in [1.807, 2.05) is 0 Å². The first-order valence-electron chi connectivity index (χ1n) is 6.42. The molecule has 1 saturated carbocycles. The van der Waals surface area contributed by atoms with Gasteiger partial charge in [0, 0.05) is 13.7 Å². The molecule has 1 aliphatic carbocycles. The Morgan fingerprint density at radius 2 is 1.57 bits per heavy atom. The number of hydrogen-bond acceptors (Lipinski definition) is 1. The zero-order valence-corrected chi connectivity index (χ0v) is 9.76. The molecule has 1 heteroatoms. The fraction of sp³-hybridized carbons (Fsp3) is 1.00. The lowest BCUT2D eigenvalue weighted by Gasteiger charge is -2.07. The first-order chi connectivity index (χ1) is 6.93. The molecule has 0 bridgehead atoms. The van der Waals surface area contributed by atoms with Crippen molar-refractivity contribution in [1.29, 1.82) is 0 Å². The minimum atomic E-state index is 0.947. The molecule has 0 atom stereocenters. The predicted octanol–water partition coefficient (Wildman–Crippen LogP) is 4.16. The summed E-state index contributed by atoms with van der Waals surface area (Å²) >= 11 is 0. The van der Waals surface area contributed by atoms with Crippen LogP contribution in [-0.2, 0) is 4.74 Å². The van der Waals surface area contributed by atoms with Gasteiger partial charge in [-0.2, -0.15) is 0 Å². The van der Waals surface area contributed by atoms with Gasteiger partial charge in [0.1, 0.15) is 0 Å². The average molecular weight is 198 g/mol. The molecule has 84 valence electrons. The molecule has 1 fully saturated rings. The highest BCUT2D eigenvalue weighted by molar-refractivity contribution is 4.66. The first-order valence-corrected chi connectivity index (χ1v) is 6.42. The maximum absolute atomic E-state index is 5.03. The molecule has 1 rings (SSSR count). The summed E-state index contributed by atoms with van der Waals surface area (Å²) in [6.07, 6.45) is 14.5. The Labute approximate surface area is 89.2 Å². The van der Waals surface area contributed by atoms with Crippen molar-refractivity contribution in [1.82, 2.24) is 0 Å². The zero-order chi connectivity index (χ0) is 10.1. The Morgan fingerprint density at radius 3 is 2.29 bits per heavy atom. The number of hydrogen-bond donors (Lipinski definition) is 0. The lowest BCUT2D eigenvalue weighted by molar-refractivity contribution is 0.192. The second-order valence-electron chi connectivity index (χ2n) is 4.70. The summed E-state index contributed by atoms with van der Waals surface area (Å²) in [5.74, 6) is 1.09. The van der Waals surface area contributed by atoms with Crippen molar-refractivity contribution in [2.75, 3.05) is 13.7 Å². The maximum Gasteiger partial charge on any atom is 0.0462 e. The van der Waals surface area contributed by atoms with Gasteiger partial charge in [-0.3, -0.25) is 0 Å². The van der Waals surface area contributed by atoms with Gasteiger partial charge in [-0.1, -0.05) is 57.8 Å². The zero-order valence-electron chi connectivity index (χ0n) is 9.76. The van der Waals surface area contributed by atoms with Crippen LogP contribution in [-0.4, -0.2) is 13.7 Å². The number of ether oxygens (including phenoxy) is 1. The van der Waals surface area contributed by atoms with Crippen LogP contribution in [0.5, 0.6) is 0 Å². The molecule has 0 aromatic carbocycles. The third-order valence-electron chi connectivity index (χ3n) is 3.44. The van der Waals surface area contributed by atoms with Crippen LogP contribution < -0.4 is 0 Å². The van der Waals surface area contributed by atoms with Gasteiger partial charge in [-0.05, 0) is 12.3 Å². The van der Waals surface area contributed by atoms with Crippen molar-refractivity contribution in [2.24, 2.45) is 5.92 Å². The molecule has 0 amide bonds. The molecule has 14 heavy (non-hydrogen) atoms. The van der Waals surface area contributed by atoms with E-state index in [0.29, 0.717) is 0 Å². The molecule has 0 aromatic rings. The highest BCUT2D eigenvalue weighted by Gasteiger charge is 2.13. The lowest BCUT2D eigenvalue weighted by Crippen LogP contribution is -1.93. The molecular weight excluding hydrogens is 172 g/mol. The lowest BCUT2D eigenvalue weighted by atomic mass is 9.99. The van der Waals surface area contributed by atoms with Crippen molar-refractivity contribution in [3.8, 4) is 0 Å². The summed E-state index contributed by atoms with van der Waals surface area (Å²) in [5.41, 5.74) is 0. The molecule has 0 saturated heterocycles.